The minimum Gasteiger partial charge on any atom is -0.493 e. The summed E-state index contributed by atoms with van der Waals surface area (Å²) in [6, 6.07) is 15.5. The van der Waals surface area contributed by atoms with E-state index in [2.05, 4.69) is 23.1 Å². The second-order valence-electron chi connectivity index (χ2n) is 9.74. The molecule has 7 heteroatoms. The van der Waals surface area contributed by atoms with Crippen molar-refractivity contribution in [1.29, 1.82) is 0 Å². The van der Waals surface area contributed by atoms with Crippen molar-refractivity contribution in [3.63, 3.8) is 0 Å². The number of carboxylic acid groups (broad SMARTS) is 1. The molecule has 0 spiro atoms. The number of carboxylic acids is 1. The molecule has 0 unspecified atom stereocenters. The number of hydrogen-bond acceptors (Lipinski definition) is 6. The van der Waals surface area contributed by atoms with E-state index in [-0.39, 0.29) is 17.8 Å². The fourth-order valence-electron chi connectivity index (χ4n) is 5.12. The first-order valence-electron chi connectivity index (χ1n) is 12.7. The summed E-state index contributed by atoms with van der Waals surface area (Å²) in [6.45, 7) is 2.53. The number of benzene rings is 2. The lowest BCUT2D eigenvalue weighted by molar-refractivity contribution is 0.0696. The number of ether oxygens (including phenoxy) is 2. The molecule has 2 fully saturated rings. The number of aliphatic hydroxyl groups excluding tert-OH is 1. The average Bonchev–Trinajstić information content (AvgIpc) is 3.56. The summed E-state index contributed by atoms with van der Waals surface area (Å²) in [6.07, 6.45) is 6.19. The summed E-state index contributed by atoms with van der Waals surface area (Å²) < 4.78 is 11.9. The fourth-order valence-corrected chi connectivity index (χ4v) is 6.30. The van der Waals surface area contributed by atoms with E-state index in [9.17, 15) is 15.0 Å². The third-order valence-electron chi connectivity index (χ3n) is 7.20. The van der Waals surface area contributed by atoms with Crippen molar-refractivity contribution >= 4 is 17.3 Å². The Labute approximate surface area is 216 Å². The Balaban J connectivity index is 1.48. The summed E-state index contributed by atoms with van der Waals surface area (Å²) in [7, 11) is 1.67. The van der Waals surface area contributed by atoms with E-state index in [0.29, 0.717) is 0 Å². The lowest BCUT2D eigenvalue weighted by Gasteiger charge is -2.29. The number of aromatic carboxylic acids is 1. The van der Waals surface area contributed by atoms with Gasteiger partial charge < -0.3 is 19.7 Å². The first-order chi connectivity index (χ1) is 17.5. The average molecular weight is 508 g/mol. The Kier molecular flexibility index (Phi) is 7.60. The molecule has 1 saturated carbocycles. The van der Waals surface area contributed by atoms with Crippen LogP contribution in [0.3, 0.4) is 0 Å². The zero-order chi connectivity index (χ0) is 25.1. The third-order valence-corrected chi connectivity index (χ3v) is 8.47. The standard InChI is InChI=1S/C29H33NO5S/c1-34-25-11-10-21(16-26(25)35-24-4-2-3-5-24)27-17-22(18-30-14-12-23(31)13-15-30)28(36-27)19-6-8-20(9-7-19)29(32)33/h6-11,16-17,23-24,31H,2-5,12-15,18H2,1H3,(H,32,33). The maximum absolute atomic E-state index is 11.4. The second kappa shape index (κ2) is 11.0. The van der Waals surface area contributed by atoms with Gasteiger partial charge in [0.2, 0.25) is 0 Å². The van der Waals surface area contributed by atoms with Gasteiger partial charge in [0, 0.05) is 29.4 Å². The van der Waals surface area contributed by atoms with Gasteiger partial charge in [0.1, 0.15) is 0 Å². The molecule has 1 aromatic heterocycles. The second-order valence-corrected chi connectivity index (χ2v) is 10.8. The lowest BCUT2D eigenvalue weighted by atomic mass is 10.0. The molecule has 0 amide bonds. The molecule has 190 valence electrons. The minimum atomic E-state index is -0.923. The minimum absolute atomic E-state index is 0.208. The fraction of sp³-hybridized carbons (Fsp3) is 0.414. The molecule has 1 saturated heterocycles. The summed E-state index contributed by atoms with van der Waals surface area (Å²) >= 11 is 1.71. The number of methoxy groups -OCH3 is 1. The van der Waals surface area contributed by atoms with Crippen molar-refractivity contribution in [2.45, 2.75) is 57.3 Å². The van der Waals surface area contributed by atoms with Gasteiger partial charge in [0.15, 0.2) is 11.5 Å². The zero-order valence-electron chi connectivity index (χ0n) is 20.6. The SMILES string of the molecule is COc1ccc(-c2cc(CN3CCC(O)CC3)c(-c3ccc(C(=O)O)cc3)s2)cc1OC1CCCC1. The lowest BCUT2D eigenvalue weighted by Crippen LogP contribution is -2.35. The molecule has 0 bridgehead atoms. The number of piperidine rings is 1. The summed E-state index contributed by atoms with van der Waals surface area (Å²) in [5.41, 5.74) is 3.59. The molecule has 1 aliphatic carbocycles. The largest absolute Gasteiger partial charge is 0.493 e. The van der Waals surface area contributed by atoms with Crippen molar-refractivity contribution in [3.8, 4) is 32.4 Å². The number of thiophene rings is 1. The third kappa shape index (κ3) is 5.59. The number of aliphatic hydroxyl groups is 1. The van der Waals surface area contributed by atoms with E-state index in [4.69, 9.17) is 9.47 Å². The number of hydrogen-bond donors (Lipinski definition) is 2. The van der Waals surface area contributed by atoms with Gasteiger partial charge in [0.05, 0.1) is 24.9 Å². The molecule has 36 heavy (non-hydrogen) atoms. The van der Waals surface area contributed by atoms with Crippen LogP contribution >= 0.6 is 11.3 Å². The van der Waals surface area contributed by atoms with Crippen LogP contribution in [0.25, 0.3) is 20.9 Å². The van der Waals surface area contributed by atoms with E-state index < -0.39 is 5.97 Å². The van der Waals surface area contributed by atoms with Gasteiger partial charge in [-0.15, -0.1) is 11.3 Å². The van der Waals surface area contributed by atoms with Gasteiger partial charge in [-0.2, -0.15) is 0 Å². The van der Waals surface area contributed by atoms with Crippen LogP contribution in [-0.2, 0) is 6.54 Å². The number of rotatable bonds is 8. The Hall–Kier alpha value is -2.87. The quantitative estimate of drug-likeness (QED) is 0.385. The molecule has 3 aromatic rings. The van der Waals surface area contributed by atoms with E-state index in [0.717, 1.165) is 77.7 Å². The maximum Gasteiger partial charge on any atom is 0.335 e. The van der Waals surface area contributed by atoms with Gasteiger partial charge in [-0.25, -0.2) is 4.79 Å². The van der Waals surface area contributed by atoms with Gasteiger partial charge in [-0.3, -0.25) is 4.90 Å². The summed E-state index contributed by atoms with van der Waals surface area (Å²) in [4.78, 5) is 16.0. The number of carbonyl (C=O) groups is 1. The van der Waals surface area contributed by atoms with Crippen LogP contribution in [0.15, 0.2) is 48.5 Å². The van der Waals surface area contributed by atoms with E-state index in [1.165, 1.54) is 18.4 Å². The first kappa shape index (κ1) is 24.8. The van der Waals surface area contributed by atoms with Crippen LogP contribution in [0.1, 0.15) is 54.4 Å². The predicted molar refractivity (Wildman–Crippen MR) is 142 cm³/mol. The number of nitrogens with zero attached hydrogens (tertiary/aromatic N) is 1. The molecular weight excluding hydrogens is 474 g/mol. The van der Waals surface area contributed by atoms with E-state index in [1.807, 2.05) is 18.2 Å². The monoisotopic (exact) mass is 507 g/mol. The Morgan fingerprint density at radius 1 is 0.972 bits per heavy atom. The highest BCUT2D eigenvalue weighted by Gasteiger charge is 2.22. The maximum atomic E-state index is 11.4. The normalized spacial score (nSPS) is 17.4. The predicted octanol–water partition coefficient (Wildman–Crippen LogP) is 6.07. The topological polar surface area (TPSA) is 79.2 Å². The van der Waals surface area contributed by atoms with Crippen molar-refractivity contribution < 1.29 is 24.5 Å². The van der Waals surface area contributed by atoms with Gasteiger partial charge in [0.25, 0.3) is 0 Å². The van der Waals surface area contributed by atoms with Gasteiger partial charge in [-0.05, 0) is 91.6 Å². The van der Waals surface area contributed by atoms with Crippen LogP contribution in [0, 0.1) is 0 Å². The molecule has 2 aromatic carbocycles. The molecule has 0 radical (unpaired) electrons. The molecule has 2 heterocycles. The van der Waals surface area contributed by atoms with Crippen molar-refractivity contribution in [2.75, 3.05) is 20.2 Å². The van der Waals surface area contributed by atoms with Crippen LogP contribution in [0.2, 0.25) is 0 Å². The Morgan fingerprint density at radius 2 is 1.67 bits per heavy atom. The zero-order valence-corrected chi connectivity index (χ0v) is 21.4. The molecule has 2 N–H and O–H groups in total. The van der Waals surface area contributed by atoms with Crippen LogP contribution in [0.5, 0.6) is 11.5 Å². The van der Waals surface area contributed by atoms with Crippen molar-refractivity contribution in [3.05, 3.63) is 59.7 Å². The van der Waals surface area contributed by atoms with Gasteiger partial charge >= 0.3 is 5.97 Å². The highest BCUT2D eigenvalue weighted by molar-refractivity contribution is 7.19. The number of likely N-dealkylation sites (tertiary alicyclic amines) is 1. The molecule has 6 nitrogen and oxygen atoms in total. The molecular formula is C29H33NO5S. The van der Waals surface area contributed by atoms with Crippen LogP contribution < -0.4 is 9.47 Å². The smallest absolute Gasteiger partial charge is 0.335 e. The van der Waals surface area contributed by atoms with E-state index in [1.54, 1.807) is 30.6 Å². The molecule has 5 rings (SSSR count). The first-order valence-corrected chi connectivity index (χ1v) is 13.5. The van der Waals surface area contributed by atoms with Crippen molar-refractivity contribution in [1.82, 2.24) is 4.90 Å². The highest BCUT2D eigenvalue weighted by atomic mass is 32.1. The van der Waals surface area contributed by atoms with E-state index >= 15 is 0 Å². The van der Waals surface area contributed by atoms with Crippen LogP contribution in [0.4, 0.5) is 0 Å². The molecule has 1 aliphatic heterocycles. The molecule has 2 aliphatic rings. The Bertz CT molecular complexity index is 1190. The summed E-state index contributed by atoms with van der Waals surface area (Å²) in [5, 5.41) is 19.2. The Morgan fingerprint density at radius 3 is 2.33 bits per heavy atom. The molecule has 0 atom stereocenters. The van der Waals surface area contributed by atoms with Crippen LogP contribution in [-0.4, -0.2) is 53.5 Å². The summed E-state index contributed by atoms with van der Waals surface area (Å²) in [5.74, 6) is 0.613. The van der Waals surface area contributed by atoms with Gasteiger partial charge in [-0.1, -0.05) is 12.1 Å². The highest BCUT2D eigenvalue weighted by Crippen LogP contribution is 2.42. The van der Waals surface area contributed by atoms with Crippen molar-refractivity contribution in [2.24, 2.45) is 0 Å².